The van der Waals surface area contributed by atoms with Crippen LogP contribution in [-0.4, -0.2) is 26.8 Å². The summed E-state index contributed by atoms with van der Waals surface area (Å²) in [7, 11) is 0. The standard InChI is InChI=1S/C13H18.C12H13F3N2.C12H14N2.C12H17N.C11H12FNO.C11H15F.C11H17N.C10H12N2O.C10H15N.4CH4/c1-9(2)11-6-7-13-10(3)4-5-12(13)8-11;1-7(2)8-3-9(5-16)10(6-17)11(4-8)12(13,14)15;1-8(2)10-4-5-12-11(6-10)7-13-9(3)14-12;1-9(2)10-3-4-12-8-13-6-5-11(12)7-10;1-6(2)8-5-11-9(4-10(8)12)7(3)13-14-11;1-4-9-5-6-10(8(2)3)7-11(9)12;1-8(2)10-4-6-11(7-5-10)9(3)12;1-6(2)7-3-4-8-9(5-7)13-12-10(8)11;1-8(2)10-5-3-9(7-11)4-6-10;;;;/h6-10H,4-5H2,1-3H3;3-4,7H,5,16H2,1-2H3;4-8H,1-3H3;3-4,7,9,13H,5-6,8H2,1-2H3;4-6H,1-3H3;5-8H,4H2,1-3H3;4-9H,12H2,1-3H3;3-6H,1-2H3,(H2,11,12);3-6,8H,7,11H2,1-2H3;4*1H4. The fourth-order valence-electron chi connectivity index (χ4n) is 13.4. The number of nitrogen functional groups attached to an aromatic ring is 1. The molecular weight excluding hydrogens is 1540 g/mol. The van der Waals surface area contributed by atoms with E-state index >= 15 is 0 Å². The molecule has 2 unspecified atom stereocenters. The lowest BCUT2D eigenvalue weighted by atomic mass is 9.93. The lowest BCUT2D eigenvalue weighted by Gasteiger charge is -2.18. The van der Waals surface area contributed by atoms with Crippen molar-refractivity contribution in [3.8, 4) is 6.07 Å². The van der Waals surface area contributed by atoms with Crippen molar-refractivity contribution in [2.24, 2.45) is 17.2 Å². The smallest absolute Gasteiger partial charge is 0.380 e. The number of aryl methyl sites for hydroxylation is 4. The predicted molar refractivity (Wildman–Crippen MR) is 513 cm³/mol. The second kappa shape index (κ2) is 52.0. The van der Waals surface area contributed by atoms with E-state index in [0.717, 1.165) is 81.4 Å². The van der Waals surface area contributed by atoms with Crippen LogP contribution in [0.2, 0.25) is 0 Å². The van der Waals surface area contributed by atoms with Crippen molar-refractivity contribution in [2.45, 2.75) is 306 Å². The van der Waals surface area contributed by atoms with E-state index in [1.807, 2.05) is 65.1 Å². The van der Waals surface area contributed by atoms with Gasteiger partial charge in [-0.15, -0.1) is 0 Å². The summed E-state index contributed by atoms with van der Waals surface area (Å²) < 4.78 is 75.3. The summed E-state index contributed by atoms with van der Waals surface area (Å²) in [5, 5.41) is 22.5. The van der Waals surface area contributed by atoms with E-state index in [0.29, 0.717) is 70.5 Å². The molecule has 0 fully saturated rings. The fraction of sp³-hybridized carbons (Fsp3) is 0.443. The van der Waals surface area contributed by atoms with E-state index in [9.17, 15) is 22.0 Å². The van der Waals surface area contributed by atoms with Crippen molar-refractivity contribution in [1.29, 1.82) is 5.26 Å². The molecule has 12 nitrogen and oxygen atoms in total. The van der Waals surface area contributed by atoms with Gasteiger partial charge in [0.15, 0.2) is 17.0 Å². The first-order valence-electron chi connectivity index (χ1n) is 42.4. The molecule has 12 aromatic rings. The first-order chi connectivity index (χ1) is 56.2. The van der Waals surface area contributed by atoms with Crippen molar-refractivity contribution in [2.75, 3.05) is 12.3 Å². The highest BCUT2D eigenvalue weighted by Gasteiger charge is 2.35. The summed E-state index contributed by atoms with van der Waals surface area (Å²) in [6, 6.07) is 56.4. The molecule has 2 atom stereocenters. The molecule has 2 aliphatic rings. The minimum Gasteiger partial charge on any atom is -0.380 e. The Morgan fingerprint density at radius 1 is 0.496 bits per heavy atom. The van der Waals surface area contributed by atoms with E-state index in [-0.39, 0.29) is 76.9 Å². The predicted octanol–water partition coefficient (Wildman–Crippen LogP) is 29.6. The molecule has 0 spiro atoms. The normalized spacial score (nSPS) is 12.6. The van der Waals surface area contributed by atoms with Crippen molar-refractivity contribution in [3.63, 3.8) is 0 Å². The van der Waals surface area contributed by atoms with Gasteiger partial charge in [0.2, 0.25) is 0 Å². The number of nitrogens with zero attached hydrogens (tertiary/aromatic N) is 5. The fourth-order valence-corrected chi connectivity index (χ4v) is 13.4. The van der Waals surface area contributed by atoms with Crippen molar-refractivity contribution < 1.29 is 31.0 Å². The highest BCUT2D eigenvalue weighted by atomic mass is 19.4. The number of nitriles is 1. The highest BCUT2D eigenvalue weighted by molar-refractivity contribution is 5.87. The Kier molecular flexibility index (Phi) is 46.1. The van der Waals surface area contributed by atoms with Crippen LogP contribution in [0.1, 0.15) is 364 Å². The van der Waals surface area contributed by atoms with Crippen LogP contribution in [0.25, 0.3) is 32.8 Å². The second-order valence-electron chi connectivity index (χ2n) is 34.0. The number of hydrogen-bond acceptors (Lipinski definition) is 12. The molecule has 0 amide bonds. The number of nitrogens with one attached hydrogen (secondary N) is 1. The molecule has 670 valence electrons. The topological polar surface area (TPSA) is 218 Å². The molecule has 4 heterocycles. The summed E-state index contributed by atoms with van der Waals surface area (Å²) in [5.74, 6) is 5.94. The monoisotopic (exact) mass is 1690 g/mol. The summed E-state index contributed by atoms with van der Waals surface area (Å²) in [5.41, 5.74) is 44.4. The maximum Gasteiger partial charge on any atom is 0.417 e. The molecule has 1 aliphatic carbocycles. The third-order valence-electron chi connectivity index (χ3n) is 21.6. The number of fused-ring (bicyclic) bond motifs is 5. The average molecular weight is 1690 g/mol. The van der Waals surface area contributed by atoms with E-state index in [1.165, 1.54) is 75.4 Å². The first-order valence-corrected chi connectivity index (χ1v) is 42.4. The van der Waals surface area contributed by atoms with E-state index in [2.05, 4.69) is 239 Å². The Balaban J connectivity index is 0.000000468. The molecule has 17 heteroatoms. The van der Waals surface area contributed by atoms with E-state index < -0.39 is 11.7 Å². The van der Waals surface area contributed by atoms with Gasteiger partial charge in [-0.2, -0.15) is 18.4 Å². The number of alkyl halides is 3. The molecule has 3 aromatic heterocycles. The number of hydrogen-bond donors (Lipinski definition) is 5. The lowest BCUT2D eigenvalue weighted by molar-refractivity contribution is -0.137. The Hall–Kier alpha value is -9.96. The molecule has 9 aromatic carbocycles. The zero-order chi connectivity index (χ0) is 88.3. The van der Waals surface area contributed by atoms with Gasteiger partial charge in [0.1, 0.15) is 23.5 Å². The lowest BCUT2D eigenvalue weighted by Crippen LogP contribution is -2.23. The molecule has 123 heavy (non-hydrogen) atoms. The van der Waals surface area contributed by atoms with Gasteiger partial charge in [-0.1, -0.05) is 294 Å². The minimum absolute atomic E-state index is 0. The third kappa shape index (κ3) is 32.6. The van der Waals surface area contributed by atoms with Gasteiger partial charge < -0.3 is 37.3 Å². The van der Waals surface area contributed by atoms with Crippen LogP contribution < -0.4 is 28.3 Å². The molecule has 0 bridgehead atoms. The Morgan fingerprint density at radius 3 is 1.50 bits per heavy atom. The number of halogens is 5. The minimum atomic E-state index is -4.53. The largest absolute Gasteiger partial charge is 0.417 e. The number of nitrogens with two attached hydrogens (primary N) is 4. The molecule has 0 saturated carbocycles. The molecular formula is C106H149F5N10O2. The maximum absolute atomic E-state index is 13.6. The van der Waals surface area contributed by atoms with Gasteiger partial charge >= 0.3 is 6.18 Å². The van der Waals surface area contributed by atoms with Crippen LogP contribution in [0.5, 0.6) is 0 Å². The van der Waals surface area contributed by atoms with Gasteiger partial charge in [-0.3, -0.25) is 0 Å². The number of anilines is 1. The number of aromatic nitrogens is 4. The average Bonchev–Trinajstić information content (AvgIpc) is 1.43. The second-order valence-corrected chi connectivity index (χ2v) is 34.0. The quantitative estimate of drug-likeness (QED) is 0.0681. The molecule has 1 aliphatic heterocycles. The Morgan fingerprint density at radius 2 is 0.984 bits per heavy atom. The summed E-state index contributed by atoms with van der Waals surface area (Å²) in [6.45, 7) is 50.9. The van der Waals surface area contributed by atoms with Crippen molar-refractivity contribution in [1.82, 2.24) is 25.6 Å². The Bertz CT molecular complexity index is 5140. The zero-order valence-corrected chi connectivity index (χ0v) is 74.9. The van der Waals surface area contributed by atoms with E-state index in [1.54, 1.807) is 61.7 Å². The van der Waals surface area contributed by atoms with Gasteiger partial charge in [0.05, 0.1) is 27.7 Å². The van der Waals surface area contributed by atoms with Gasteiger partial charge in [-0.25, -0.2) is 18.7 Å². The van der Waals surface area contributed by atoms with Crippen LogP contribution in [0.15, 0.2) is 179 Å². The first kappa shape index (κ1) is 109. The van der Waals surface area contributed by atoms with Crippen LogP contribution in [0, 0.1) is 36.8 Å². The highest BCUT2D eigenvalue weighted by Crippen LogP contribution is 2.37. The maximum atomic E-state index is 13.6. The Labute approximate surface area is 736 Å². The van der Waals surface area contributed by atoms with Crippen LogP contribution in [0.4, 0.5) is 27.8 Å². The van der Waals surface area contributed by atoms with Crippen LogP contribution in [0.3, 0.4) is 0 Å². The summed E-state index contributed by atoms with van der Waals surface area (Å²) in [4.78, 5) is 8.56. The summed E-state index contributed by atoms with van der Waals surface area (Å²) in [6.07, 6.45) is 1.96. The zero-order valence-electron chi connectivity index (χ0n) is 74.9. The molecule has 14 rings (SSSR count). The van der Waals surface area contributed by atoms with E-state index in [4.69, 9.17) is 37.2 Å². The van der Waals surface area contributed by atoms with Crippen LogP contribution in [-0.2, 0) is 45.1 Å². The van der Waals surface area contributed by atoms with Crippen molar-refractivity contribution >= 4 is 38.7 Å². The third-order valence-corrected chi connectivity index (χ3v) is 21.6. The molecule has 0 radical (unpaired) electrons. The number of rotatable bonds is 13. The van der Waals surface area contributed by atoms with Crippen molar-refractivity contribution in [3.05, 3.63) is 299 Å². The SMILES string of the molecule is C.C.C.C.CC(C)c1cc(CN)c(C#N)c(C(F)(F)F)c1.CC(C)c1ccc(C(C)N)cc1.CC(C)c1ccc(CN)cc1.CC(C)c1ccc2c(N)noc2c1.CC(C)c1ccc2c(c1)CCC2C.CC(C)c1ccc2c(c1)CCNC2.CCc1ccc(C(C)C)cc1F.Cc1ncc2cc(C(C)C)ccc2n1.Cc1noc2cc(C(C)C)c(F)cc12. The molecule has 0 saturated heterocycles. The van der Waals surface area contributed by atoms with Gasteiger partial charge in [0.25, 0.3) is 0 Å². The molecule has 9 N–H and O–H groups in total. The number of benzene rings is 9. The van der Waals surface area contributed by atoms with Gasteiger partial charge in [-0.05, 0) is 255 Å². The summed E-state index contributed by atoms with van der Waals surface area (Å²) >= 11 is 0. The van der Waals surface area contributed by atoms with Gasteiger partial charge in [0, 0.05) is 42.6 Å². The van der Waals surface area contributed by atoms with Crippen LogP contribution >= 0.6 is 0 Å².